The lowest BCUT2D eigenvalue weighted by Gasteiger charge is -2.32. The molecular weight excluding hydrogens is 412 g/mol. The number of carbonyl (C=O) groups excluding carboxylic acids is 1. The first kappa shape index (κ1) is 21.1. The number of anilines is 1. The molecule has 1 saturated heterocycles. The second-order valence-electron chi connectivity index (χ2n) is 7.91. The van der Waals surface area contributed by atoms with Crippen LogP contribution in [0.25, 0.3) is 0 Å². The molecule has 31 heavy (non-hydrogen) atoms. The molecule has 1 aliphatic rings. The second-order valence-corrected chi connectivity index (χ2v) is 9.59. The topological polar surface area (TPSA) is 84.3 Å². The molecule has 0 saturated carbocycles. The first-order valence-electron chi connectivity index (χ1n) is 10.3. The van der Waals surface area contributed by atoms with Gasteiger partial charge in [-0.3, -0.25) is 9.52 Å². The van der Waals surface area contributed by atoms with E-state index in [-0.39, 0.29) is 10.8 Å². The molecule has 1 amide bonds. The third-order valence-electron chi connectivity index (χ3n) is 5.96. The van der Waals surface area contributed by atoms with E-state index >= 15 is 0 Å². The van der Waals surface area contributed by atoms with Gasteiger partial charge in [0.15, 0.2) is 0 Å². The fraction of sp³-hybridized carbons (Fsp3) is 0.304. The Morgan fingerprint density at radius 3 is 2.42 bits per heavy atom. The van der Waals surface area contributed by atoms with Gasteiger partial charge in [-0.1, -0.05) is 12.1 Å². The fourth-order valence-electron chi connectivity index (χ4n) is 3.88. The summed E-state index contributed by atoms with van der Waals surface area (Å²) in [6, 6.07) is 12.0. The third kappa shape index (κ3) is 4.49. The number of sulfonamides is 1. The summed E-state index contributed by atoms with van der Waals surface area (Å²) in [7, 11) is -3.74. The maximum absolute atomic E-state index is 12.9. The van der Waals surface area contributed by atoms with Crippen LogP contribution in [0, 0.1) is 13.8 Å². The smallest absolute Gasteiger partial charge is 0.261 e. The van der Waals surface area contributed by atoms with Gasteiger partial charge in [-0.05, 0) is 68.1 Å². The summed E-state index contributed by atoms with van der Waals surface area (Å²) in [6.07, 6.45) is 7.27. The van der Waals surface area contributed by atoms with Crippen molar-refractivity contribution in [2.45, 2.75) is 37.6 Å². The van der Waals surface area contributed by atoms with Gasteiger partial charge in [0.05, 0.1) is 16.9 Å². The molecule has 162 valence electrons. The summed E-state index contributed by atoms with van der Waals surface area (Å²) < 4.78 is 30.3. The highest BCUT2D eigenvalue weighted by atomic mass is 32.2. The summed E-state index contributed by atoms with van der Waals surface area (Å²) in [4.78, 5) is 18.9. The van der Waals surface area contributed by atoms with Gasteiger partial charge in [0.1, 0.15) is 0 Å². The Bertz CT molecular complexity index is 1160. The minimum atomic E-state index is -3.74. The first-order valence-corrected chi connectivity index (χ1v) is 11.8. The van der Waals surface area contributed by atoms with Crippen LogP contribution in [-0.4, -0.2) is 41.9 Å². The summed E-state index contributed by atoms with van der Waals surface area (Å²) in [5.41, 5.74) is 2.95. The van der Waals surface area contributed by atoms with Crippen molar-refractivity contribution in [1.82, 2.24) is 14.5 Å². The molecule has 1 aliphatic heterocycles. The Labute approximate surface area is 182 Å². The Kier molecular flexibility index (Phi) is 5.82. The van der Waals surface area contributed by atoms with Crippen molar-refractivity contribution in [3.8, 4) is 0 Å². The van der Waals surface area contributed by atoms with E-state index < -0.39 is 10.0 Å². The van der Waals surface area contributed by atoms with Crippen LogP contribution in [0.15, 0.2) is 66.1 Å². The van der Waals surface area contributed by atoms with Crippen LogP contribution >= 0.6 is 0 Å². The minimum absolute atomic E-state index is 0.0736. The third-order valence-corrected chi connectivity index (χ3v) is 7.34. The lowest BCUT2D eigenvalue weighted by molar-refractivity contribution is 0.0694. The largest absolute Gasteiger partial charge is 0.338 e. The lowest BCUT2D eigenvalue weighted by atomic mass is 10.0. The van der Waals surface area contributed by atoms with Crippen LogP contribution in [0.1, 0.15) is 40.4 Å². The number of hydrogen-bond acceptors (Lipinski definition) is 4. The van der Waals surface area contributed by atoms with E-state index in [1.165, 1.54) is 12.1 Å². The average Bonchev–Trinajstić information content (AvgIpc) is 3.32. The normalized spacial score (nSPS) is 15.1. The molecule has 1 fully saturated rings. The number of carbonyl (C=O) groups is 1. The van der Waals surface area contributed by atoms with Crippen LogP contribution in [0.5, 0.6) is 0 Å². The molecular formula is C23H26N4O3S. The standard InChI is InChI=1S/C23H26N4O3S/c1-17-4-3-5-22(18(17)2)25-31(29,30)21-8-6-19(7-9-21)23(28)26-13-10-20(11-14-26)27-15-12-24-16-27/h3-9,12,15-16,20,25H,10-11,13-14H2,1-2H3. The highest BCUT2D eigenvalue weighted by Crippen LogP contribution is 2.25. The maximum Gasteiger partial charge on any atom is 0.261 e. The first-order chi connectivity index (χ1) is 14.8. The number of aryl methyl sites for hydroxylation is 1. The number of amides is 1. The number of benzene rings is 2. The lowest BCUT2D eigenvalue weighted by Crippen LogP contribution is -2.38. The molecule has 8 heteroatoms. The van der Waals surface area contributed by atoms with Gasteiger partial charge in [0.25, 0.3) is 15.9 Å². The van der Waals surface area contributed by atoms with E-state index in [0.29, 0.717) is 30.4 Å². The van der Waals surface area contributed by atoms with Crippen molar-refractivity contribution in [2.24, 2.45) is 0 Å². The van der Waals surface area contributed by atoms with Crippen molar-refractivity contribution in [3.63, 3.8) is 0 Å². The van der Waals surface area contributed by atoms with Gasteiger partial charge < -0.3 is 9.47 Å². The Hall–Kier alpha value is -3.13. The van der Waals surface area contributed by atoms with Crippen molar-refractivity contribution < 1.29 is 13.2 Å². The average molecular weight is 439 g/mol. The highest BCUT2D eigenvalue weighted by molar-refractivity contribution is 7.92. The van der Waals surface area contributed by atoms with Gasteiger partial charge in [-0.15, -0.1) is 0 Å². The highest BCUT2D eigenvalue weighted by Gasteiger charge is 2.25. The van der Waals surface area contributed by atoms with E-state index in [1.807, 2.05) is 43.4 Å². The molecule has 0 aliphatic carbocycles. The van der Waals surface area contributed by atoms with Crippen LogP contribution < -0.4 is 4.72 Å². The number of likely N-dealkylation sites (tertiary alicyclic amines) is 1. The van der Waals surface area contributed by atoms with Gasteiger partial charge in [-0.25, -0.2) is 13.4 Å². The molecule has 0 bridgehead atoms. The van der Waals surface area contributed by atoms with Crippen molar-refractivity contribution in [1.29, 1.82) is 0 Å². The van der Waals surface area contributed by atoms with E-state index in [9.17, 15) is 13.2 Å². The molecule has 0 atom stereocenters. The summed E-state index contributed by atoms with van der Waals surface area (Å²) in [5, 5.41) is 0. The summed E-state index contributed by atoms with van der Waals surface area (Å²) >= 11 is 0. The van der Waals surface area contributed by atoms with Crippen LogP contribution in [0.4, 0.5) is 5.69 Å². The predicted octanol–water partition coefficient (Wildman–Crippen LogP) is 3.78. The fourth-order valence-corrected chi connectivity index (χ4v) is 5.00. The Balaban J connectivity index is 1.43. The van der Waals surface area contributed by atoms with Crippen LogP contribution in [0.2, 0.25) is 0 Å². The molecule has 1 N–H and O–H groups in total. The number of imidazole rings is 1. The van der Waals surface area contributed by atoms with E-state index in [0.717, 1.165) is 24.0 Å². The number of piperidine rings is 1. The summed E-state index contributed by atoms with van der Waals surface area (Å²) in [6.45, 7) is 5.14. The number of nitrogens with one attached hydrogen (secondary N) is 1. The number of rotatable bonds is 5. The van der Waals surface area contributed by atoms with Crippen molar-refractivity contribution in [2.75, 3.05) is 17.8 Å². The van der Waals surface area contributed by atoms with Gasteiger partial charge in [0, 0.05) is 37.1 Å². The van der Waals surface area contributed by atoms with E-state index in [4.69, 9.17) is 0 Å². The van der Waals surface area contributed by atoms with Crippen molar-refractivity contribution >= 4 is 21.6 Å². The predicted molar refractivity (Wildman–Crippen MR) is 120 cm³/mol. The van der Waals surface area contributed by atoms with Gasteiger partial charge in [-0.2, -0.15) is 0 Å². The molecule has 0 unspecified atom stereocenters. The van der Waals surface area contributed by atoms with Crippen LogP contribution in [-0.2, 0) is 10.0 Å². The quantitative estimate of drug-likeness (QED) is 0.657. The SMILES string of the molecule is Cc1cccc(NS(=O)(=O)c2ccc(C(=O)N3CCC(n4ccnc4)CC3)cc2)c1C. The number of hydrogen-bond donors (Lipinski definition) is 1. The zero-order chi connectivity index (χ0) is 22.0. The maximum atomic E-state index is 12.9. The second kappa shape index (κ2) is 8.55. The monoisotopic (exact) mass is 438 g/mol. The molecule has 2 aromatic carbocycles. The summed E-state index contributed by atoms with van der Waals surface area (Å²) in [5.74, 6) is -0.0736. The number of aromatic nitrogens is 2. The van der Waals surface area contributed by atoms with Gasteiger partial charge in [0.2, 0.25) is 0 Å². The zero-order valence-electron chi connectivity index (χ0n) is 17.7. The van der Waals surface area contributed by atoms with Gasteiger partial charge >= 0.3 is 0 Å². The molecule has 4 rings (SSSR count). The molecule has 0 spiro atoms. The zero-order valence-corrected chi connectivity index (χ0v) is 18.5. The van der Waals surface area contributed by atoms with Crippen LogP contribution in [0.3, 0.4) is 0 Å². The molecule has 1 aromatic heterocycles. The Morgan fingerprint density at radius 2 is 1.77 bits per heavy atom. The number of nitrogens with zero attached hydrogens (tertiary/aromatic N) is 3. The molecule has 2 heterocycles. The Morgan fingerprint density at radius 1 is 1.06 bits per heavy atom. The molecule has 3 aromatic rings. The van der Waals surface area contributed by atoms with E-state index in [1.54, 1.807) is 24.4 Å². The van der Waals surface area contributed by atoms with E-state index in [2.05, 4.69) is 14.3 Å². The minimum Gasteiger partial charge on any atom is -0.338 e. The molecule has 0 radical (unpaired) electrons. The molecule has 7 nitrogen and oxygen atoms in total. The van der Waals surface area contributed by atoms with Crippen molar-refractivity contribution in [3.05, 3.63) is 77.9 Å².